The first-order valence-electron chi connectivity index (χ1n) is 8.67. The summed E-state index contributed by atoms with van der Waals surface area (Å²) in [5.74, 6) is -0.862. The first-order chi connectivity index (χ1) is 13.2. The SMILES string of the molecule is COc1ccc(C(=O)NC(C)c2ccc(F)c(Cl)c2)cc1S(=O)(=O)NC1CC1. The van der Waals surface area contributed by atoms with Gasteiger partial charge < -0.3 is 10.1 Å². The van der Waals surface area contributed by atoms with Gasteiger partial charge in [-0.15, -0.1) is 0 Å². The van der Waals surface area contributed by atoms with Gasteiger partial charge in [0.1, 0.15) is 16.5 Å². The monoisotopic (exact) mass is 426 g/mol. The van der Waals surface area contributed by atoms with Crippen LogP contribution in [0.3, 0.4) is 0 Å². The molecule has 9 heteroatoms. The summed E-state index contributed by atoms with van der Waals surface area (Å²) in [6.07, 6.45) is 1.58. The van der Waals surface area contributed by atoms with E-state index in [0.717, 1.165) is 12.8 Å². The number of hydrogen-bond donors (Lipinski definition) is 2. The fourth-order valence-electron chi connectivity index (χ4n) is 2.66. The average Bonchev–Trinajstić information content (AvgIpc) is 3.46. The molecule has 0 saturated heterocycles. The number of amides is 1. The van der Waals surface area contributed by atoms with Crippen molar-refractivity contribution in [2.75, 3.05) is 7.11 Å². The Morgan fingerprint density at radius 1 is 1.25 bits per heavy atom. The molecule has 1 unspecified atom stereocenters. The Hall–Kier alpha value is -2.16. The highest BCUT2D eigenvalue weighted by Crippen LogP contribution is 2.28. The lowest BCUT2D eigenvalue weighted by molar-refractivity contribution is 0.0939. The zero-order valence-corrected chi connectivity index (χ0v) is 16.9. The van der Waals surface area contributed by atoms with E-state index in [4.69, 9.17) is 16.3 Å². The molecular formula is C19H20ClFN2O4S. The third-order valence-electron chi connectivity index (χ3n) is 4.41. The third kappa shape index (κ3) is 4.63. The number of methoxy groups -OCH3 is 1. The molecule has 2 N–H and O–H groups in total. The van der Waals surface area contributed by atoms with Gasteiger partial charge >= 0.3 is 0 Å². The number of hydrogen-bond acceptors (Lipinski definition) is 4. The van der Waals surface area contributed by atoms with Crippen LogP contribution in [0.1, 0.15) is 41.7 Å². The Morgan fingerprint density at radius 3 is 2.57 bits per heavy atom. The highest BCUT2D eigenvalue weighted by molar-refractivity contribution is 7.89. The van der Waals surface area contributed by atoms with Crippen LogP contribution in [0.4, 0.5) is 4.39 Å². The number of rotatable bonds is 7. The van der Waals surface area contributed by atoms with E-state index in [-0.39, 0.29) is 27.3 Å². The van der Waals surface area contributed by atoms with Gasteiger partial charge in [-0.25, -0.2) is 17.5 Å². The van der Waals surface area contributed by atoms with Crippen LogP contribution in [0.15, 0.2) is 41.3 Å². The smallest absolute Gasteiger partial charge is 0.251 e. The molecule has 6 nitrogen and oxygen atoms in total. The van der Waals surface area contributed by atoms with E-state index >= 15 is 0 Å². The van der Waals surface area contributed by atoms with Crippen LogP contribution >= 0.6 is 11.6 Å². The van der Waals surface area contributed by atoms with Crippen LogP contribution in [-0.4, -0.2) is 27.5 Å². The molecule has 1 aliphatic rings. The van der Waals surface area contributed by atoms with E-state index in [2.05, 4.69) is 10.0 Å². The van der Waals surface area contributed by atoms with E-state index in [1.165, 1.54) is 43.5 Å². The Morgan fingerprint density at radius 2 is 1.96 bits per heavy atom. The van der Waals surface area contributed by atoms with Gasteiger partial charge in [0.2, 0.25) is 10.0 Å². The number of ether oxygens (including phenoxy) is 1. The second-order valence-corrected chi connectivity index (χ2v) is 8.72. The molecule has 1 aliphatic carbocycles. The molecule has 1 atom stereocenters. The quantitative estimate of drug-likeness (QED) is 0.710. The number of halogens is 2. The molecule has 0 bridgehead atoms. The molecule has 1 amide bonds. The second kappa shape index (κ2) is 8.06. The molecule has 0 heterocycles. The summed E-state index contributed by atoms with van der Waals surface area (Å²) >= 11 is 5.79. The molecule has 1 saturated carbocycles. The zero-order valence-electron chi connectivity index (χ0n) is 15.3. The minimum atomic E-state index is -3.80. The molecule has 2 aromatic rings. The largest absolute Gasteiger partial charge is 0.495 e. The second-order valence-electron chi connectivity index (χ2n) is 6.63. The van der Waals surface area contributed by atoms with Gasteiger partial charge in [-0.3, -0.25) is 4.79 Å². The normalized spacial score (nSPS) is 15.1. The standard InChI is InChI=1S/C19H20ClFN2O4S/c1-11(12-3-7-16(21)15(20)9-12)22-19(24)13-4-8-17(27-2)18(10-13)28(25,26)23-14-5-6-14/h3-4,7-11,14,23H,5-6H2,1-2H3,(H,22,24). The molecule has 28 heavy (non-hydrogen) atoms. The molecule has 0 spiro atoms. The van der Waals surface area contributed by atoms with Crippen molar-refractivity contribution in [1.82, 2.24) is 10.0 Å². The maximum atomic E-state index is 13.3. The maximum absolute atomic E-state index is 13.3. The number of benzene rings is 2. The molecule has 2 aromatic carbocycles. The van der Waals surface area contributed by atoms with E-state index in [9.17, 15) is 17.6 Å². The summed E-state index contributed by atoms with van der Waals surface area (Å²) in [4.78, 5) is 12.5. The van der Waals surface area contributed by atoms with Crippen molar-refractivity contribution in [3.63, 3.8) is 0 Å². The van der Waals surface area contributed by atoms with Crippen molar-refractivity contribution in [2.45, 2.75) is 36.7 Å². The molecular weight excluding hydrogens is 407 g/mol. The van der Waals surface area contributed by atoms with Gasteiger partial charge in [0.05, 0.1) is 18.2 Å². The lowest BCUT2D eigenvalue weighted by Crippen LogP contribution is -2.28. The van der Waals surface area contributed by atoms with Crippen LogP contribution < -0.4 is 14.8 Å². The van der Waals surface area contributed by atoms with Crippen LogP contribution in [-0.2, 0) is 10.0 Å². The van der Waals surface area contributed by atoms with Crippen molar-refractivity contribution in [3.05, 3.63) is 58.4 Å². The number of nitrogens with one attached hydrogen (secondary N) is 2. The summed E-state index contributed by atoms with van der Waals surface area (Å²) < 4.78 is 46.2. The van der Waals surface area contributed by atoms with E-state index < -0.39 is 27.8 Å². The Bertz CT molecular complexity index is 1010. The first-order valence-corrected chi connectivity index (χ1v) is 10.5. The van der Waals surface area contributed by atoms with Gasteiger partial charge in [-0.1, -0.05) is 17.7 Å². The molecule has 150 valence electrons. The van der Waals surface area contributed by atoms with Crippen molar-refractivity contribution in [2.24, 2.45) is 0 Å². The Labute approximate surface area is 168 Å². The number of carbonyl (C=O) groups is 1. The van der Waals surface area contributed by atoms with Gasteiger partial charge in [-0.05, 0) is 55.7 Å². The van der Waals surface area contributed by atoms with Crippen LogP contribution in [0.5, 0.6) is 5.75 Å². The lowest BCUT2D eigenvalue weighted by Gasteiger charge is -2.16. The van der Waals surface area contributed by atoms with Crippen molar-refractivity contribution in [3.8, 4) is 5.75 Å². The van der Waals surface area contributed by atoms with Gasteiger partial charge in [0, 0.05) is 11.6 Å². The van der Waals surface area contributed by atoms with Gasteiger partial charge in [0.15, 0.2) is 0 Å². The van der Waals surface area contributed by atoms with Crippen LogP contribution in [0.25, 0.3) is 0 Å². The minimum Gasteiger partial charge on any atom is -0.495 e. The first kappa shape index (κ1) is 20.6. The molecule has 0 aromatic heterocycles. The van der Waals surface area contributed by atoms with Crippen LogP contribution in [0, 0.1) is 5.82 Å². The summed E-state index contributed by atoms with van der Waals surface area (Å²) in [5, 5.41) is 2.71. The summed E-state index contributed by atoms with van der Waals surface area (Å²) in [5.41, 5.74) is 0.786. The van der Waals surface area contributed by atoms with E-state index in [1.54, 1.807) is 6.92 Å². The van der Waals surface area contributed by atoms with Gasteiger partial charge in [0.25, 0.3) is 5.91 Å². The van der Waals surface area contributed by atoms with Crippen molar-refractivity contribution >= 4 is 27.5 Å². The van der Waals surface area contributed by atoms with Gasteiger partial charge in [-0.2, -0.15) is 0 Å². The molecule has 1 fully saturated rings. The van der Waals surface area contributed by atoms with E-state index in [1.807, 2.05) is 0 Å². The minimum absolute atomic E-state index is 0.0393. The molecule has 0 aliphatic heterocycles. The zero-order chi connectivity index (χ0) is 20.5. The number of sulfonamides is 1. The van der Waals surface area contributed by atoms with E-state index in [0.29, 0.717) is 5.56 Å². The Kier molecular flexibility index (Phi) is 5.92. The topological polar surface area (TPSA) is 84.5 Å². The fourth-order valence-corrected chi connectivity index (χ4v) is 4.35. The molecule has 0 radical (unpaired) electrons. The summed E-state index contributed by atoms with van der Waals surface area (Å²) in [7, 11) is -2.43. The lowest BCUT2D eigenvalue weighted by atomic mass is 10.1. The summed E-state index contributed by atoms with van der Waals surface area (Å²) in [6.45, 7) is 1.72. The average molecular weight is 427 g/mol. The predicted octanol–water partition coefficient (Wildman–Crippen LogP) is 3.42. The fraction of sp³-hybridized carbons (Fsp3) is 0.316. The number of carbonyl (C=O) groups excluding carboxylic acids is 1. The highest BCUT2D eigenvalue weighted by atomic mass is 35.5. The highest BCUT2D eigenvalue weighted by Gasteiger charge is 2.30. The van der Waals surface area contributed by atoms with Crippen LogP contribution in [0.2, 0.25) is 5.02 Å². The maximum Gasteiger partial charge on any atom is 0.251 e. The van der Waals surface area contributed by atoms with Crippen molar-refractivity contribution in [1.29, 1.82) is 0 Å². The van der Waals surface area contributed by atoms with Crippen molar-refractivity contribution < 1.29 is 22.3 Å². The third-order valence-corrected chi connectivity index (χ3v) is 6.24. The predicted molar refractivity (Wildman–Crippen MR) is 104 cm³/mol. The Balaban J connectivity index is 1.83. The summed E-state index contributed by atoms with van der Waals surface area (Å²) in [6, 6.07) is 7.85. The molecule has 3 rings (SSSR count).